The molecule has 2 amide bonds. The summed E-state index contributed by atoms with van der Waals surface area (Å²) in [5.41, 5.74) is 1.44. The number of carbonyl (C=O) groups is 2. The van der Waals surface area contributed by atoms with E-state index in [0.29, 0.717) is 23.6 Å². The van der Waals surface area contributed by atoms with E-state index in [2.05, 4.69) is 0 Å². The van der Waals surface area contributed by atoms with Crippen molar-refractivity contribution >= 4 is 17.5 Å². The number of imide groups is 1. The number of ether oxygens (including phenoxy) is 3. The number of rotatable bonds is 4. The molecule has 0 bridgehead atoms. The normalized spacial score (nSPS) is 18.8. The number of fused-ring (bicyclic) bond motifs is 1. The lowest BCUT2D eigenvalue weighted by atomic mass is 9.97. The molecule has 0 spiro atoms. The molecule has 2 heterocycles. The van der Waals surface area contributed by atoms with Gasteiger partial charge < -0.3 is 14.2 Å². The Hall–Kier alpha value is -3.02. The largest absolute Gasteiger partial charge is 0.496 e. The Bertz CT molecular complexity index is 847. The lowest BCUT2D eigenvalue weighted by Gasteiger charge is -2.16. The third-order valence-corrected chi connectivity index (χ3v) is 4.51. The van der Waals surface area contributed by atoms with Crippen molar-refractivity contribution in [2.75, 3.05) is 18.8 Å². The molecule has 6 nitrogen and oxygen atoms in total. The van der Waals surface area contributed by atoms with E-state index in [4.69, 9.17) is 14.2 Å². The van der Waals surface area contributed by atoms with E-state index in [9.17, 15) is 9.59 Å². The zero-order valence-corrected chi connectivity index (χ0v) is 13.7. The first kappa shape index (κ1) is 15.5. The molecule has 0 N–H and O–H groups in total. The zero-order valence-electron chi connectivity index (χ0n) is 13.7. The van der Waals surface area contributed by atoms with Gasteiger partial charge in [0.2, 0.25) is 18.6 Å². The topological polar surface area (TPSA) is 65.1 Å². The van der Waals surface area contributed by atoms with Gasteiger partial charge in [-0.05, 0) is 30.2 Å². The molecule has 1 unspecified atom stereocenters. The Labute approximate surface area is 144 Å². The fraction of sp³-hybridized carbons (Fsp3) is 0.263. The number of hydrogen-bond donors (Lipinski definition) is 0. The van der Waals surface area contributed by atoms with E-state index < -0.39 is 5.92 Å². The number of benzene rings is 2. The second kappa shape index (κ2) is 6.12. The summed E-state index contributed by atoms with van der Waals surface area (Å²) in [6, 6.07) is 12.6. The number of carbonyl (C=O) groups excluding carboxylic acids is 2. The lowest BCUT2D eigenvalue weighted by Crippen LogP contribution is -2.30. The maximum absolute atomic E-state index is 12.8. The maximum Gasteiger partial charge on any atom is 0.237 e. The molecule has 2 aliphatic heterocycles. The minimum Gasteiger partial charge on any atom is -0.496 e. The summed E-state index contributed by atoms with van der Waals surface area (Å²) in [5.74, 6) is 1.09. The molecular weight excluding hydrogens is 322 g/mol. The molecule has 2 aromatic carbocycles. The molecule has 25 heavy (non-hydrogen) atoms. The first-order valence-electron chi connectivity index (χ1n) is 8.05. The third kappa shape index (κ3) is 2.69. The van der Waals surface area contributed by atoms with Gasteiger partial charge >= 0.3 is 0 Å². The van der Waals surface area contributed by atoms with Gasteiger partial charge in [-0.2, -0.15) is 0 Å². The Kier molecular flexibility index (Phi) is 3.80. The highest BCUT2D eigenvalue weighted by Crippen LogP contribution is 2.38. The van der Waals surface area contributed by atoms with Gasteiger partial charge in [-0.1, -0.05) is 18.2 Å². The van der Waals surface area contributed by atoms with Crippen LogP contribution in [0.1, 0.15) is 12.0 Å². The Morgan fingerprint density at radius 2 is 1.92 bits per heavy atom. The Balaban J connectivity index is 1.58. The van der Waals surface area contributed by atoms with Crippen LogP contribution in [0.4, 0.5) is 5.69 Å². The van der Waals surface area contributed by atoms with Crippen molar-refractivity contribution in [1.82, 2.24) is 0 Å². The van der Waals surface area contributed by atoms with Crippen LogP contribution in [0.25, 0.3) is 0 Å². The monoisotopic (exact) mass is 339 g/mol. The maximum atomic E-state index is 12.8. The molecule has 128 valence electrons. The van der Waals surface area contributed by atoms with Gasteiger partial charge in [0, 0.05) is 12.5 Å². The van der Waals surface area contributed by atoms with Crippen LogP contribution in [-0.2, 0) is 16.0 Å². The summed E-state index contributed by atoms with van der Waals surface area (Å²) in [4.78, 5) is 26.5. The van der Waals surface area contributed by atoms with Crippen LogP contribution in [0.2, 0.25) is 0 Å². The predicted octanol–water partition coefficient (Wildman–Crippen LogP) is 2.55. The number of para-hydroxylation sites is 1. The fourth-order valence-electron chi connectivity index (χ4n) is 3.29. The summed E-state index contributed by atoms with van der Waals surface area (Å²) in [5, 5.41) is 0. The van der Waals surface area contributed by atoms with Gasteiger partial charge in [-0.25, -0.2) is 0 Å². The predicted molar refractivity (Wildman–Crippen MR) is 89.9 cm³/mol. The average Bonchev–Trinajstić information content (AvgIpc) is 3.19. The highest BCUT2D eigenvalue weighted by Gasteiger charge is 2.40. The number of amides is 2. The van der Waals surface area contributed by atoms with Crippen molar-refractivity contribution in [1.29, 1.82) is 0 Å². The number of nitrogens with zero attached hydrogens (tertiary/aromatic N) is 1. The molecule has 1 saturated heterocycles. The summed E-state index contributed by atoms with van der Waals surface area (Å²) < 4.78 is 15.9. The van der Waals surface area contributed by atoms with Crippen molar-refractivity contribution in [3.05, 3.63) is 48.0 Å². The SMILES string of the molecule is COc1ccccc1CC1CC(=O)N(c2ccc3c(c2)OCO3)C1=O. The zero-order chi connectivity index (χ0) is 17.4. The van der Waals surface area contributed by atoms with E-state index >= 15 is 0 Å². The van der Waals surface area contributed by atoms with E-state index in [0.717, 1.165) is 11.3 Å². The molecule has 6 heteroatoms. The number of hydrogen-bond acceptors (Lipinski definition) is 5. The van der Waals surface area contributed by atoms with Crippen molar-refractivity contribution in [2.24, 2.45) is 5.92 Å². The van der Waals surface area contributed by atoms with E-state index in [-0.39, 0.29) is 25.0 Å². The van der Waals surface area contributed by atoms with Crippen LogP contribution in [0.3, 0.4) is 0 Å². The molecule has 2 aromatic rings. The quantitative estimate of drug-likeness (QED) is 0.801. The second-order valence-corrected chi connectivity index (χ2v) is 6.02. The third-order valence-electron chi connectivity index (χ3n) is 4.51. The second-order valence-electron chi connectivity index (χ2n) is 6.02. The number of anilines is 1. The molecule has 0 saturated carbocycles. The molecule has 2 aliphatic rings. The molecule has 0 aliphatic carbocycles. The first-order chi connectivity index (χ1) is 12.2. The highest BCUT2D eigenvalue weighted by molar-refractivity contribution is 6.21. The van der Waals surface area contributed by atoms with Crippen LogP contribution < -0.4 is 19.1 Å². The van der Waals surface area contributed by atoms with Crippen LogP contribution in [0, 0.1) is 5.92 Å². The van der Waals surface area contributed by atoms with Gasteiger partial charge in [0.15, 0.2) is 11.5 Å². The summed E-state index contributed by atoms with van der Waals surface area (Å²) >= 11 is 0. The van der Waals surface area contributed by atoms with Crippen molar-refractivity contribution in [3.8, 4) is 17.2 Å². The van der Waals surface area contributed by atoms with E-state index in [1.54, 1.807) is 25.3 Å². The van der Waals surface area contributed by atoms with Crippen LogP contribution in [0.15, 0.2) is 42.5 Å². The van der Waals surface area contributed by atoms with Crippen molar-refractivity contribution in [3.63, 3.8) is 0 Å². The molecular formula is C19H17NO5. The molecule has 0 radical (unpaired) electrons. The average molecular weight is 339 g/mol. The van der Waals surface area contributed by atoms with Gasteiger partial charge in [0.25, 0.3) is 0 Å². The molecule has 1 fully saturated rings. The van der Waals surface area contributed by atoms with Crippen LogP contribution in [0.5, 0.6) is 17.2 Å². The Morgan fingerprint density at radius 1 is 1.12 bits per heavy atom. The van der Waals surface area contributed by atoms with Gasteiger partial charge in [-0.15, -0.1) is 0 Å². The van der Waals surface area contributed by atoms with Gasteiger partial charge in [-0.3, -0.25) is 14.5 Å². The molecule has 4 rings (SSSR count). The van der Waals surface area contributed by atoms with E-state index in [1.807, 2.05) is 24.3 Å². The van der Waals surface area contributed by atoms with Crippen molar-refractivity contribution < 1.29 is 23.8 Å². The smallest absolute Gasteiger partial charge is 0.237 e. The lowest BCUT2D eigenvalue weighted by molar-refractivity contribution is -0.122. The van der Waals surface area contributed by atoms with Crippen LogP contribution in [-0.4, -0.2) is 25.7 Å². The fourth-order valence-corrected chi connectivity index (χ4v) is 3.29. The van der Waals surface area contributed by atoms with Gasteiger partial charge in [0.05, 0.1) is 18.7 Å². The van der Waals surface area contributed by atoms with Crippen molar-refractivity contribution in [2.45, 2.75) is 12.8 Å². The summed E-state index contributed by atoms with van der Waals surface area (Å²) in [6.45, 7) is 0.150. The summed E-state index contributed by atoms with van der Waals surface area (Å²) in [7, 11) is 1.60. The summed E-state index contributed by atoms with van der Waals surface area (Å²) in [6.07, 6.45) is 0.654. The number of methoxy groups -OCH3 is 1. The molecule has 0 aromatic heterocycles. The van der Waals surface area contributed by atoms with Crippen LogP contribution >= 0.6 is 0 Å². The highest BCUT2D eigenvalue weighted by atomic mass is 16.7. The van der Waals surface area contributed by atoms with Gasteiger partial charge in [0.1, 0.15) is 5.75 Å². The molecule has 1 atom stereocenters. The minimum atomic E-state index is -0.394. The first-order valence-corrected chi connectivity index (χ1v) is 8.05. The van der Waals surface area contributed by atoms with E-state index in [1.165, 1.54) is 4.90 Å². The minimum absolute atomic E-state index is 0.150. The standard InChI is InChI=1S/C19H17NO5/c1-23-15-5-3-2-4-12(15)8-13-9-18(21)20(19(13)22)14-6-7-16-17(10-14)25-11-24-16/h2-7,10,13H,8-9,11H2,1H3. The Morgan fingerprint density at radius 3 is 2.76 bits per heavy atom.